The van der Waals surface area contributed by atoms with E-state index in [9.17, 15) is 22.8 Å². The molecule has 1 heterocycles. The minimum atomic E-state index is -4.44. The van der Waals surface area contributed by atoms with Gasteiger partial charge >= 0.3 is 45.8 Å². The van der Waals surface area contributed by atoms with Crippen LogP contribution in [0, 0.1) is 0 Å². The Kier molecular flexibility index (Phi) is 7.57. The third-order valence-corrected chi connectivity index (χ3v) is 4.72. The number of carbonyl (C=O) groups excluding carboxylic acids is 3. The first-order valence-corrected chi connectivity index (χ1v) is 8.44. The standard InChI is InChI=1S/C14H17N3O6S.Na.H/c1-9(18)23-24(21,22)17-8-12(14(17)20)16-13(19)6-10-4-2-3-5-11(10)7-15;;/h2-5,12H,6-8,15H2,1H3,(H,16,19);;/q;+1;-1. The number of nitrogens with zero attached hydrogens (tertiary/aromatic N) is 1. The van der Waals surface area contributed by atoms with E-state index in [2.05, 4.69) is 9.50 Å². The van der Waals surface area contributed by atoms with Gasteiger partial charge in [0, 0.05) is 13.5 Å². The van der Waals surface area contributed by atoms with E-state index < -0.39 is 34.1 Å². The van der Waals surface area contributed by atoms with Gasteiger partial charge in [-0.25, -0.2) is 4.31 Å². The number of rotatable bonds is 6. The monoisotopic (exact) mass is 379 g/mol. The van der Waals surface area contributed by atoms with Crippen LogP contribution in [0.5, 0.6) is 0 Å². The van der Waals surface area contributed by atoms with Crippen LogP contribution in [0.4, 0.5) is 0 Å². The van der Waals surface area contributed by atoms with Crippen molar-refractivity contribution >= 4 is 28.1 Å². The van der Waals surface area contributed by atoms with Crippen molar-refractivity contribution in [3.8, 4) is 0 Å². The quantitative estimate of drug-likeness (QED) is 0.379. The summed E-state index contributed by atoms with van der Waals surface area (Å²) in [6.07, 6.45) is 0.0217. The summed E-state index contributed by atoms with van der Waals surface area (Å²) in [5.74, 6) is -2.33. The van der Waals surface area contributed by atoms with Gasteiger partial charge in [0.05, 0.1) is 13.0 Å². The Hall–Kier alpha value is -1.46. The predicted octanol–water partition coefficient (Wildman–Crippen LogP) is -4.06. The number of nitrogens with two attached hydrogens (primary N) is 1. The summed E-state index contributed by atoms with van der Waals surface area (Å²) >= 11 is 0. The van der Waals surface area contributed by atoms with E-state index in [0.29, 0.717) is 4.31 Å². The van der Waals surface area contributed by atoms with Crippen LogP contribution >= 0.6 is 0 Å². The van der Waals surface area contributed by atoms with E-state index in [1.807, 2.05) is 0 Å². The Bertz CT molecular complexity index is 789. The molecule has 11 heteroatoms. The Morgan fingerprint density at radius 2 is 1.96 bits per heavy atom. The summed E-state index contributed by atoms with van der Waals surface area (Å²) in [7, 11) is -4.44. The molecular formula is C14H18N3NaO6S. The number of amides is 2. The zero-order chi connectivity index (χ0) is 17.9. The average Bonchev–Trinajstić information content (AvgIpc) is 2.49. The van der Waals surface area contributed by atoms with Gasteiger partial charge in [-0.2, -0.15) is 8.42 Å². The molecular weight excluding hydrogens is 361 g/mol. The molecule has 1 aromatic carbocycles. The third kappa shape index (κ3) is 5.25. The number of benzene rings is 1. The van der Waals surface area contributed by atoms with Gasteiger partial charge in [0.2, 0.25) is 5.91 Å². The molecule has 0 saturated carbocycles. The molecule has 0 aliphatic carbocycles. The van der Waals surface area contributed by atoms with Crippen LogP contribution in [0.15, 0.2) is 24.3 Å². The zero-order valence-corrected chi connectivity index (χ0v) is 16.7. The second-order valence-corrected chi connectivity index (χ2v) is 6.63. The first-order chi connectivity index (χ1) is 11.2. The van der Waals surface area contributed by atoms with Crippen molar-refractivity contribution in [3.63, 3.8) is 0 Å². The second-order valence-electron chi connectivity index (χ2n) is 5.17. The molecule has 2 amide bonds. The second kappa shape index (κ2) is 8.77. The summed E-state index contributed by atoms with van der Waals surface area (Å²) in [4.78, 5) is 34.5. The van der Waals surface area contributed by atoms with Crippen LogP contribution in [0.1, 0.15) is 19.5 Å². The molecule has 1 fully saturated rings. The molecule has 1 aliphatic heterocycles. The molecule has 0 aromatic heterocycles. The fourth-order valence-corrected chi connectivity index (χ4v) is 3.31. The average molecular weight is 379 g/mol. The van der Waals surface area contributed by atoms with Gasteiger partial charge in [0.1, 0.15) is 6.04 Å². The first-order valence-electron chi connectivity index (χ1n) is 7.07. The van der Waals surface area contributed by atoms with Crippen molar-refractivity contribution in [1.29, 1.82) is 0 Å². The zero-order valence-electron chi connectivity index (χ0n) is 14.9. The van der Waals surface area contributed by atoms with Gasteiger partial charge in [0.15, 0.2) is 0 Å². The van der Waals surface area contributed by atoms with Crippen molar-refractivity contribution in [2.45, 2.75) is 25.9 Å². The molecule has 0 bridgehead atoms. The van der Waals surface area contributed by atoms with Crippen molar-refractivity contribution in [2.75, 3.05) is 6.54 Å². The number of hydrogen-bond donors (Lipinski definition) is 2. The maximum Gasteiger partial charge on any atom is 1.00 e. The van der Waals surface area contributed by atoms with E-state index in [1.165, 1.54) is 0 Å². The van der Waals surface area contributed by atoms with Gasteiger partial charge in [-0.1, -0.05) is 24.3 Å². The SMILES string of the molecule is CC(=O)OS(=O)(=O)N1CC(NC(=O)Cc2ccccc2CN)C1=O.[H-].[Na+]. The van der Waals surface area contributed by atoms with Crippen LogP contribution < -0.4 is 40.6 Å². The van der Waals surface area contributed by atoms with Gasteiger partial charge < -0.3 is 16.7 Å². The largest absolute Gasteiger partial charge is 1.00 e. The summed E-state index contributed by atoms with van der Waals surface area (Å²) in [6.45, 7) is 0.912. The summed E-state index contributed by atoms with van der Waals surface area (Å²) in [5, 5.41) is 2.45. The molecule has 1 aliphatic rings. The van der Waals surface area contributed by atoms with E-state index in [4.69, 9.17) is 5.73 Å². The maximum absolute atomic E-state index is 12.0. The van der Waals surface area contributed by atoms with Gasteiger partial charge in [-0.3, -0.25) is 14.4 Å². The Labute approximate surface area is 168 Å². The molecule has 25 heavy (non-hydrogen) atoms. The fraction of sp³-hybridized carbons (Fsp3) is 0.357. The van der Waals surface area contributed by atoms with Crippen LogP contribution in [0.25, 0.3) is 0 Å². The van der Waals surface area contributed by atoms with Crippen molar-refractivity contribution in [1.82, 2.24) is 9.62 Å². The third-order valence-electron chi connectivity index (χ3n) is 3.41. The predicted molar refractivity (Wildman–Crippen MR) is 83.5 cm³/mol. The molecule has 0 spiro atoms. The van der Waals surface area contributed by atoms with Crippen LogP contribution in [0.2, 0.25) is 0 Å². The molecule has 2 rings (SSSR count). The van der Waals surface area contributed by atoms with E-state index in [1.54, 1.807) is 24.3 Å². The van der Waals surface area contributed by atoms with Crippen LogP contribution in [0.3, 0.4) is 0 Å². The van der Waals surface area contributed by atoms with E-state index in [0.717, 1.165) is 18.1 Å². The minimum absolute atomic E-state index is 0. The van der Waals surface area contributed by atoms with Crippen molar-refractivity contribution in [3.05, 3.63) is 35.4 Å². The van der Waals surface area contributed by atoms with Gasteiger partial charge in [0.25, 0.3) is 5.91 Å². The van der Waals surface area contributed by atoms with Crippen molar-refractivity contribution < 1.29 is 58.0 Å². The van der Waals surface area contributed by atoms with E-state index >= 15 is 0 Å². The van der Waals surface area contributed by atoms with Gasteiger partial charge in [-0.15, -0.1) is 0 Å². The van der Waals surface area contributed by atoms with Crippen molar-refractivity contribution in [2.24, 2.45) is 5.73 Å². The molecule has 0 radical (unpaired) electrons. The normalized spacial score (nSPS) is 16.5. The topological polar surface area (TPSA) is 136 Å². The molecule has 1 unspecified atom stereocenters. The number of β-lactam (4-membered cyclic amide) rings is 1. The summed E-state index contributed by atoms with van der Waals surface area (Å²) < 4.78 is 27.6. The fourth-order valence-electron chi connectivity index (χ4n) is 2.24. The molecule has 132 valence electrons. The Morgan fingerprint density at radius 1 is 1.36 bits per heavy atom. The van der Waals surface area contributed by atoms with Gasteiger partial charge in [-0.05, 0) is 11.1 Å². The molecule has 3 N–H and O–H groups in total. The molecule has 1 aromatic rings. The number of hydrogen-bond acceptors (Lipinski definition) is 7. The Balaban J connectivity index is 0.00000312. The summed E-state index contributed by atoms with van der Waals surface area (Å²) in [5.41, 5.74) is 7.13. The van der Waals surface area contributed by atoms with Crippen LogP contribution in [-0.2, 0) is 41.8 Å². The van der Waals surface area contributed by atoms with Crippen LogP contribution in [-0.4, -0.2) is 43.1 Å². The molecule has 9 nitrogen and oxygen atoms in total. The maximum atomic E-state index is 12.0. The number of nitrogens with one attached hydrogen (secondary N) is 1. The minimum Gasteiger partial charge on any atom is -1.00 e. The molecule has 1 saturated heterocycles. The number of carbonyl (C=O) groups is 3. The smallest absolute Gasteiger partial charge is 1.00 e. The first kappa shape index (κ1) is 21.6. The summed E-state index contributed by atoms with van der Waals surface area (Å²) in [6, 6.07) is 6.15. The molecule has 1 atom stereocenters. The van der Waals surface area contributed by atoms with E-state index in [-0.39, 0.29) is 50.5 Å². The Morgan fingerprint density at radius 3 is 2.48 bits per heavy atom.